The maximum Gasteiger partial charge on any atom is 0.494 e. The molecule has 26 heavy (non-hydrogen) atoms. The SMILES string of the molecule is CNS(=O)(=O)c1cc(B2OC(C)(C)C(C)(C)O2)cc(N2CCOCC2)c1. The van der Waals surface area contributed by atoms with Crippen molar-refractivity contribution in [3.63, 3.8) is 0 Å². The van der Waals surface area contributed by atoms with Gasteiger partial charge in [0, 0.05) is 18.8 Å². The van der Waals surface area contributed by atoms with Crippen molar-refractivity contribution in [2.24, 2.45) is 0 Å². The summed E-state index contributed by atoms with van der Waals surface area (Å²) in [5.41, 5.74) is 0.541. The molecule has 2 aliphatic heterocycles. The molecule has 0 atom stereocenters. The number of ether oxygens (including phenoxy) is 1. The van der Waals surface area contributed by atoms with E-state index in [2.05, 4.69) is 9.62 Å². The molecule has 0 radical (unpaired) electrons. The smallest absolute Gasteiger partial charge is 0.399 e. The zero-order valence-corrected chi connectivity index (χ0v) is 16.9. The number of benzene rings is 1. The summed E-state index contributed by atoms with van der Waals surface area (Å²) in [6.07, 6.45) is 0. The second-order valence-electron chi connectivity index (χ2n) is 7.66. The van der Waals surface area contributed by atoms with Crippen LogP contribution < -0.4 is 15.1 Å². The predicted octanol–water partition coefficient (Wildman–Crippen LogP) is 0.731. The van der Waals surface area contributed by atoms with Gasteiger partial charge in [-0.1, -0.05) is 0 Å². The van der Waals surface area contributed by atoms with Crippen molar-refractivity contribution >= 4 is 28.3 Å². The lowest BCUT2D eigenvalue weighted by Crippen LogP contribution is -2.41. The maximum atomic E-state index is 12.4. The van der Waals surface area contributed by atoms with Gasteiger partial charge in [0.05, 0.1) is 29.3 Å². The van der Waals surface area contributed by atoms with E-state index in [9.17, 15) is 8.42 Å². The van der Waals surface area contributed by atoms with Crippen LogP contribution in [-0.2, 0) is 24.1 Å². The van der Waals surface area contributed by atoms with Crippen molar-refractivity contribution in [3.05, 3.63) is 18.2 Å². The highest BCUT2D eigenvalue weighted by Gasteiger charge is 2.52. The van der Waals surface area contributed by atoms with Gasteiger partial charge in [0.25, 0.3) is 0 Å². The highest BCUT2D eigenvalue weighted by molar-refractivity contribution is 7.89. The quantitative estimate of drug-likeness (QED) is 0.774. The van der Waals surface area contributed by atoms with Crippen LogP contribution in [0.15, 0.2) is 23.1 Å². The number of morpholine rings is 1. The predicted molar refractivity (Wildman–Crippen MR) is 101 cm³/mol. The number of anilines is 1. The molecule has 2 heterocycles. The van der Waals surface area contributed by atoms with Gasteiger partial charge < -0.3 is 18.9 Å². The molecule has 0 amide bonds. The van der Waals surface area contributed by atoms with Crippen LogP contribution in [-0.4, -0.2) is 60.1 Å². The van der Waals surface area contributed by atoms with E-state index in [0.29, 0.717) is 31.8 Å². The first-order chi connectivity index (χ1) is 12.1. The van der Waals surface area contributed by atoms with Crippen LogP contribution in [0.1, 0.15) is 27.7 Å². The Morgan fingerprint density at radius 1 is 1.04 bits per heavy atom. The molecule has 0 saturated carbocycles. The number of rotatable bonds is 4. The first-order valence-corrected chi connectivity index (χ1v) is 10.3. The molecule has 9 heteroatoms. The average molecular weight is 382 g/mol. The van der Waals surface area contributed by atoms with Crippen molar-refractivity contribution in [2.45, 2.75) is 43.8 Å². The fourth-order valence-corrected chi connectivity index (χ4v) is 3.80. The second kappa shape index (κ2) is 6.80. The molecular weight excluding hydrogens is 355 g/mol. The molecule has 1 N–H and O–H groups in total. The summed E-state index contributed by atoms with van der Waals surface area (Å²) in [7, 11) is -2.80. The van der Waals surface area contributed by atoms with Gasteiger partial charge >= 0.3 is 7.12 Å². The molecule has 3 rings (SSSR count). The van der Waals surface area contributed by atoms with Gasteiger partial charge in [0.2, 0.25) is 10.0 Å². The van der Waals surface area contributed by atoms with E-state index in [-0.39, 0.29) is 4.90 Å². The van der Waals surface area contributed by atoms with Gasteiger partial charge in [-0.15, -0.1) is 0 Å². The van der Waals surface area contributed by atoms with Gasteiger partial charge in [0.1, 0.15) is 0 Å². The van der Waals surface area contributed by atoms with Gasteiger partial charge in [-0.3, -0.25) is 0 Å². The minimum absolute atomic E-state index is 0.203. The highest BCUT2D eigenvalue weighted by atomic mass is 32.2. The Kier molecular flexibility index (Phi) is 5.13. The summed E-state index contributed by atoms with van der Waals surface area (Å²) in [5, 5.41) is 0. The molecule has 7 nitrogen and oxygen atoms in total. The van der Waals surface area contributed by atoms with Crippen LogP contribution in [0.25, 0.3) is 0 Å². The standard InChI is InChI=1S/C17H27BN2O5S/c1-16(2)17(3,4)25-18(24-16)13-10-14(20-6-8-23-9-7-20)12-15(11-13)26(21,22)19-5/h10-12,19H,6-9H2,1-5H3. The van der Waals surface area contributed by atoms with Gasteiger partial charge in [0.15, 0.2) is 0 Å². The van der Waals surface area contributed by atoms with Crippen LogP contribution in [0.4, 0.5) is 5.69 Å². The zero-order valence-electron chi connectivity index (χ0n) is 16.0. The molecule has 2 aliphatic rings. The van der Waals surface area contributed by atoms with Crippen molar-refractivity contribution in [1.82, 2.24) is 4.72 Å². The lowest BCUT2D eigenvalue weighted by molar-refractivity contribution is 0.00578. The monoisotopic (exact) mass is 382 g/mol. The molecular formula is C17H27BN2O5S. The Hall–Kier alpha value is -1.13. The normalized spacial score (nSPS) is 22.7. The van der Waals surface area contributed by atoms with Crippen LogP contribution >= 0.6 is 0 Å². The number of hydrogen-bond acceptors (Lipinski definition) is 6. The molecule has 1 aromatic carbocycles. The number of sulfonamides is 1. The van der Waals surface area contributed by atoms with Crippen LogP contribution in [0.2, 0.25) is 0 Å². The number of nitrogens with one attached hydrogen (secondary N) is 1. The highest BCUT2D eigenvalue weighted by Crippen LogP contribution is 2.37. The minimum atomic E-state index is -3.59. The van der Waals surface area contributed by atoms with Crippen molar-refractivity contribution < 1.29 is 22.5 Å². The molecule has 0 bridgehead atoms. The molecule has 0 unspecified atom stereocenters. The number of nitrogens with zero attached hydrogens (tertiary/aromatic N) is 1. The minimum Gasteiger partial charge on any atom is -0.399 e. The fourth-order valence-electron chi connectivity index (χ4n) is 3.00. The lowest BCUT2D eigenvalue weighted by Gasteiger charge is -2.32. The molecule has 2 saturated heterocycles. The van der Waals surface area contributed by atoms with E-state index in [1.807, 2.05) is 33.8 Å². The third-order valence-corrected chi connectivity index (χ3v) is 6.79. The summed E-state index contributed by atoms with van der Waals surface area (Å²) in [6, 6.07) is 5.26. The fraction of sp³-hybridized carbons (Fsp3) is 0.647. The van der Waals surface area contributed by atoms with E-state index < -0.39 is 28.3 Å². The third-order valence-electron chi connectivity index (χ3n) is 5.39. The summed E-state index contributed by atoms with van der Waals surface area (Å²) in [4.78, 5) is 2.32. The lowest BCUT2D eigenvalue weighted by atomic mass is 9.79. The van der Waals surface area contributed by atoms with Crippen molar-refractivity contribution in [3.8, 4) is 0 Å². The average Bonchev–Trinajstić information content (AvgIpc) is 2.83. The largest absolute Gasteiger partial charge is 0.494 e. The Morgan fingerprint density at radius 2 is 1.62 bits per heavy atom. The summed E-state index contributed by atoms with van der Waals surface area (Å²) < 4.78 is 44.9. The Bertz CT molecular complexity index is 759. The molecule has 0 aliphatic carbocycles. The first-order valence-electron chi connectivity index (χ1n) is 8.83. The molecule has 2 fully saturated rings. The molecule has 1 aromatic rings. The van der Waals surface area contributed by atoms with Crippen LogP contribution in [0.5, 0.6) is 0 Å². The van der Waals surface area contributed by atoms with Gasteiger partial charge in [-0.2, -0.15) is 0 Å². The summed E-state index contributed by atoms with van der Waals surface area (Å²) in [6.45, 7) is 10.6. The Morgan fingerprint density at radius 3 is 2.15 bits per heavy atom. The Balaban J connectivity index is 2.03. The molecule has 0 aromatic heterocycles. The van der Waals surface area contributed by atoms with Gasteiger partial charge in [-0.05, 0) is 58.4 Å². The van der Waals surface area contributed by atoms with E-state index in [4.69, 9.17) is 14.0 Å². The van der Waals surface area contributed by atoms with Crippen LogP contribution in [0, 0.1) is 0 Å². The topological polar surface area (TPSA) is 77.1 Å². The molecule has 0 spiro atoms. The zero-order chi connectivity index (χ0) is 19.2. The first kappa shape index (κ1) is 19.6. The van der Waals surface area contributed by atoms with Gasteiger partial charge in [-0.25, -0.2) is 13.1 Å². The third kappa shape index (κ3) is 3.64. The number of hydrogen-bond donors (Lipinski definition) is 1. The van der Waals surface area contributed by atoms with Crippen molar-refractivity contribution in [1.29, 1.82) is 0 Å². The van der Waals surface area contributed by atoms with E-state index in [1.54, 1.807) is 12.1 Å². The van der Waals surface area contributed by atoms with E-state index >= 15 is 0 Å². The second-order valence-corrected chi connectivity index (χ2v) is 9.54. The van der Waals surface area contributed by atoms with E-state index in [0.717, 1.165) is 5.69 Å². The van der Waals surface area contributed by atoms with E-state index in [1.165, 1.54) is 7.05 Å². The summed E-state index contributed by atoms with van der Waals surface area (Å²) >= 11 is 0. The summed E-state index contributed by atoms with van der Waals surface area (Å²) in [5.74, 6) is 0. The van der Waals surface area contributed by atoms with Crippen LogP contribution in [0.3, 0.4) is 0 Å². The Labute approximate surface area is 156 Å². The van der Waals surface area contributed by atoms with Crippen molar-refractivity contribution in [2.75, 3.05) is 38.3 Å². The maximum absolute atomic E-state index is 12.4. The molecule has 144 valence electrons.